The lowest BCUT2D eigenvalue weighted by Gasteiger charge is -2.16. The van der Waals surface area contributed by atoms with Crippen molar-refractivity contribution in [2.75, 3.05) is 7.05 Å². The molecule has 100 valence electrons. The number of thiazole rings is 1. The molecule has 0 fully saturated rings. The summed E-state index contributed by atoms with van der Waals surface area (Å²) in [6.07, 6.45) is 3.31. The second-order valence-corrected chi connectivity index (χ2v) is 6.15. The standard InChI is InChI=1S/C14H14ClFN2S/c1-17-13(12-8(15)4-2-5-9(12)16)14-18-10-6-3-7-11(10)19-14/h2,4-5,13,17H,3,6-7H2,1H3. The number of aromatic nitrogens is 1. The monoisotopic (exact) mass is 296 g/mol. The van der Waals surface area contributed by atoms with Crippen molar-refractivity contribution in [1.29, 1.82) is 0 Å². The molecule has 3 rings (SSSR count). The summed E-state index contributed by atoms with van der Waals surface area (Å²) in [4.78, 5) is 5.99. The molecule has 1 heterocycles. The van der Waals surface area contributed by atoms with Crippen LogP contribution in [0, 0.1) is 5.82 Å². The minimum atomic E-state index is -0.290. The largest absolute Gasteiger partial charge is 0.307 e. The van der Waals surface area contributed by atoms with E-state index in [2.05, 4.69) is 10.3 Å². The average Bonchev–Trinajstić information content (AvgIpc) is 2.94. The van der Waals surface area contributed by atoms with Crippen molar-refractivity contribution in [3.05, 3.63) is 50.2 Å². The molecule has 1 unspecified atom stereocenters. The summed E-state index contributed by atoms with van der Waals surface area (Å²) in [5.74, 6) is -0.290. The van der Waals surface area contributed by atoms with Crippen molar-refractivity contribution >= 4 is 22.9 Å². The number of rotatable bonds is 3. The van der Waals surface area contributed by atoms with E-state index < -0.39 is 0 Å². The minimum Gasteiger partial charge on any atom is -0.307 e. The predicted molar refractivity (Wildman–Crippen MR) is 76.5 cm³/mol. The quantitative estimate of drug-likeness (QED) is 0.933. The molecule has 0 saturated heterocycles. The van der Waals surface area contributed by atoms with Crippen molar-refractivity contribution in [2.45, 2.75) is 25.3 Å². The van der Waals surface area contributed by atoms with Crippen LogP contribution in [0.2, 0.25) is 5.02 Å². The van der Waals surface area contributed by atoms with Crippen LogP contribution in [-0.2, 0) is 12.8 Å². The Morgan fingerprint density at radius 3 is 2.95 bits per heavy atom. The molecule has 0 bridgehead atoms. The normalized spacial score (nSPS) is 15.5. The van der Waals surface area contributed by atoms with Gasteiger partial charge in [-0.15, -0.1) is 11.3 Å². The van der Waals surface area contributed by atoms with Crippen LogP contribution in [0.25, 0.3) is 0 Å². The first kappa shape index (κ1) is 13.0. The third-order valence-corrected chi connectivity index (χ3v) is 4.99. The Morgan fingerprint density at radius 2 is 2.26 bits per heavy atom. The minimum absolute atomic E-state index is 0.274. The first-order valence-electron chi connectivity index (χ1n) is 6.30. The van der Waals surface area contributed by atoms with Crippen LogP contribution in [0.3, 0.4) is 0 Å². The van der Waals surface area contributed by atoms with Gasteiger partial charge in [0.1, 0.15) is 10.8 Å². The van der Waals surface area contributed by atoms with E-state index in [9.17, 15) is 4.39 Å². The summed E-state index contributed by atoms with van der Waals surface area (Å²) in [6, 6.07) is 4.50. The van der Waals surface area contributed by atoms with Crippen LogP contribution in [0.15, 0.2) is 18.2 Å². The molecule has 2 aromatic rings. The van der Waals surface area contributed by atoms with Gasteiger partial charge in [0.15, 0.2) is 0 Å². The lowest BCUT2D eigenvalue weighted by Crippen LogP contribution is -2.19. The van der Waals surface area contributed by atoms with Gasteiger partial charge in [-0.3, -0.25) is 0 Å². The highest BCUT2D eigenvalue weighted by molar-refractivity contribution is 7.11. The summed E-state index contributed by atoms with van der Waals surface area (Å²) >= 11 is 7.81. The van der Waals surface area contributed by atoms with Gasteiger partial charge in [-0.25, -0.2) is 9.37 Å². The Kier molecular flexibility index (Phi) is 3.56. The van der Waals surface area contributed by atoms with E-state index in [4.69, 9.17) is 11.6 Å². The zero-order valence-electron chi connectivity index (χ0n) is 10.5. The molecule has 1 aliphatic rings. The maximum atomic E-state index is 14.0. The number of nitrogens with one attached hydrogen (secondary N) is 1. The molecule has 2 nitrogen and oxygen atoms in total. The molecule has 0 aliphatic heterocycles. The fourth-order valence-corrected chi connectivity index (χ4v) is 4.06. The molecule has 1 aromatic heterocycles. The van der Waals surface area contributed by atoms with Crippen LogP contribution in [-0.4, -0.2) is 12.0 Å². The summed E-state index contributed by atoms with van der Waals surface area (Å²) < 4.78 is 14.0. The number of hydrogen-bond donors (Lipinski definition) is 1. The fourth-order valence-electron chi connectivity index (χ4n) is 2.51. The number of fused-ring (bicyclic) bond motifs is 1. The second-order valence-electron chi connectivity index (χ2n) is 4.63. The maximum Gasteiger partial charge on any atom is 0.129 e. The van der Waals surface area contributed by atoms with Crippen molar-refractivity contribution in [3.63, 3.8) is 0 Å². The van der Waals surface area contributed by atoms with Gasteiger partial charge in [-0.05, 0) is 38.4 Å². The van der Waals surface area contributed by atoms with Crippen molar-refractivity contribution in [3.8, 4) is 0 Å². The number of benzene rings is 1. The summed E-state index contributed by atoms with van der Waals surface area (Å²) in [5.41, 5.74) is 1.66. The smallest absolute Gasteiger partial charge is 0.129 e. The summed E-state index contributed by atoms with van der Waals surface area (Å²) in [5, 5.41) is 4.47. The molecule has 0 amide bonds. The first-order valence-corrected chi connectivity index (χ1v) is 7.50. The zero-order valence-corrected chi connectivity index (χ0v) is 12.1. The topological polar surface area (TPSA) is 24.9 Å². The van der Waals surface area contributed by atoms with Crippen molar-refractivity contribution in [2.24, 2.45) is 0 Å². The number of aryl methyl sites for hydroxylation is 2. The van der Waals surface area contributed by atoms with Crippen LogP contribution < -0.4 is 5.32 Å². The highest BCUT2D eigenvalue weighted by Crippen LogP contribution is 2.36. The van der Waals surface area contributed by atoms with E-state index in [0.29, 0.717) is 10.6 Å². The number of nitrogens with zero attached hydrogens (tertiary/aromatic N) is 1. The van der Waals surface area contributed by atoms with Gasteiger partial charge in [0, 0.05) is 15.5 Å². The van der Waals surface area contributed by atoms with E-state index in [1.807, 2.05) is 0 Å². The van der Waals surface area contributed by atoms with Crippen LogP contribution >= 0.6 is 22.9 Å². The van der Waals surface area contributed by atoms with Gasteiger partial charge in [0.05, 0.1) is 11.7 Å². The molecule has 1 aliphatic carbocycles. The Labute approximate surface area is 120 Å². The van der Waals surface area contributed by atoms with E-state index in [1.165, 1.54) is 23.1 Å². The van der Waals surface area contributed by atoms with Gasteiger partial charge in [0.2, 0.25) is 0 Å². The van der Waals surface area contributed by atoms with Crippen molar-refractivity contribution < 1.29 is 4.39 Å². The van der Waals surface area contributed by atoms with Crippen LogP contribution in [0.4, 0.5) is 4.39 Å². The molecular weight excluding hydrogens is 283 g/mol. The zero-order chi connectivity index (χ0) is 13.4. The Bertz CT molecular complexity index is 570. The first-order chi connectivity index (χ1) is 9.20. The molecule has 1 atom stereocenters. The molecule has 19 heavy (non-hydrogen) atoms. The molecule has 1 N–H and O–H groups in total. The summed E-state index contributed by atoms with van der Waals surface area (Å²) in [7, 11) is 1.81. The summed E-state index contributed by atoms with van der Waals surface area (Å²) in [6.45, 7) is 0. The molecular formula is C14H14ClFN2S. The third kappa shape index (κ3) is 2.29. The maximum absolute atomic E-state index is 14.0. The fraction of sp³-hybridized carbons (Fsp3) is 0.357. The molecule has 5 heteroatoms. The van der Waals surface area contributed by atoms with Gasteiger partial charge >= 0.3 is 0 Å². The number of hydrogen-bond acceptors (Lipinski definition) is 3. The van der Waals surface area contributed by atoms with Gasteiger partial charge in [0.25, 0.3) is 0 Å². The number of halogens is 2. The van der Waals surface area contributed by atoms with Gasteiger partial charge in [-0.2, -0.15) is 0 Å². The van der Waals surface area contributed by atoms with Gasteiger partial charge in [-0.1, -0.05) is 17.7 Å². The Balaban J connectivity index is 2.04. The molecule has 0 radical (unpaired) electrons. The van der Waals surface area contributed by atoms with E-state index in [0.717, 1.165) is 17.8 Å². The molecule has 0 saturated carbocycles. The van der Waals surface area contributed by atoms with E-state index in [-0.39, 0.29) is 11.9 Å². The van der Waals surface area contributed by atoms with E-state index >= 15 is 0 Å². The molecule has 0 spiro atoms. The lowest BCUT2D eigenvalue weighted by molar-refractivity contribution is 0.574. The predicted octanol–water partition coefficient (Wildman–Crippen LogP) is 3.73. The average molecular weight is 297 g/mol. The van der Waals surface area contributed by atoms with Crippen molar-refractivity contribution in [1.82, 2.24) is 10.3 Å². The third-order valence-electron chi connectivity index (χ3n) is 3.44. The highest BCUT2D eigenvalue weighted by Gasteiger charge is 2.25. The van der Waals surface area contributed by atoms with Crippen LogP contribution in [0.1, 0.15) is 33.6 Å². The SMILES string of the molecule is CNC(c1nc2c(s1)CCC2)c1c(F)cccc1Cl. The van der Waals surface area contributed by atoms with Gasteiger partial charge < -0.3 is 5.32 Å². The Morgan fingerprint density at radius 1 is 1.42 bits per heavy atom. The van der Waals surface area contributed by atoms with E-state index in [1.54, 1.807) is 30.5 Å². The highest BCUT2D eigenvalue weighted by atomic mass is 35.5. The van der Waals surface area contributed by atoms with Crippen LogP contribution in [0.5, 0.6) is 0 Å². The second kappa shape index (κ2) is 5.19. The lowest BCUT2D eigenvalue weighted by atomic mass is 10.1. The Hall–Kier alpha value is -0.970. The molecule has 1 aromatic carbocycles.